The molecule has 0 atom stereocenters. The van der Waals surface area contributed by atoms with Gasteiger partial charge in [-0.05, 0) is 66.7 Å². The van der Waals surface area contributed by atoms with E-state index in [0.717, 1.165) is 0 Å². The molecule has 0 spiro atoms. The number of sulfonamides is 1. The van der Waals surface area contributed by atoms with Crippen molar-refractivity contribution in [3.63, 3.8) is 0 Å². The molecule has 0 saturated heterocycles. The summed E-state index contributed by atoms with van der Waals surface area (Å²) >= 11 is 5.81. The van der Waals surface area contributed by atoms with Crippen LogP contribution in [0.25, 0.3) is 0 Å². The minimum absolute atomic E-state index is 0.00708. The first kappa shape index (κ1) is 20.7. The van der Waals surface area contributed by atoms with E-state index in [1.54, 1.807) is 42.5 Å². The summed E-state index contributed by atoms with van der Waals surface area (Å²) in [5.41, 5.74) is 1.55. The van der Waals surface area contributed by atoms with Gasteiger partial charge in [0, 0.05) is 22.0 Å². The van der Waals surface area contributed by atoms with Crippen molar-refractivity contribution >= 4 is 50.5 Å². The summed E-state index contributed by atoms with van der Waals surface area (Å²) in [6.45, 7) is -0.0547. The minimum atomic E-state index is -3.82. The SMILES string of the molecule is O=C1COc2ccc(NC(=O)c3ccc(S(=O)(=O)Nc4ccc(Cl)cc4)cc3)cc2N1. The Morgan fingerprint density at radius 1 is 0.968 bits per heavy atom. The maximum atomic E-state index is 12.5. The Balaban J connectivity index is 1.46. The van der Waals surface area contributed by atoms with Crippen LogP contribution in [0.15, 0.2) is 71.6 Å². The second-order valence-corrected chi connectivity index (χ2v) is 8.76. The third kappa shape index (κ3) is 4.79. The zero-order valence-electron chi connectivity index (χ0n) is 15.9. The van der Waals surface area contributed by atoms with Gasteiger partial charge < -0.3 is 15.4 Å². The summed E-state index contributed by atoms with van der Waals surface area (Å²) in [6.07, 6.45) is 0. The number of anilines is 3. The fourth-order valence-corrected chi connectivity index (χ4v) is 4.07. The molecule has 3 aromatic rings. The maximum absolute atomic E-state index is 12.5. The van der Waals surface area contributed by atoms with Crippen LogP contribution in [-0.2, 0) is 14.8 Å². The molecule has 0 fully saturated rings. The van der Waals surface area contributed by atoms with E-state index in [4.69, 9.17) is 16.3 Å². The quantitative estimate of drug-likeness (QED) is 0.540. The lowest BCUT2D eigenvalue weighted by molar-refractivity contribution is -0.118. The van der Waals surface area contributed by atoms with Gasteiger partial charge in [0.05, 0.1) is 10.6 Å². The summed E-state index contributed by atoms with van der Waals surface area (Å²) in [7, 11) is -3.82. The first-order valence-electron chi connectivity index (χ1n) is 9.07. The molecule has 0 bridgehead atoms. The van der Waals surface area contributed by atoms with Crippen molar-refractivity contribution in [2.45, 2.75) is 4.90 Å². The van der Waals surface area contributed by atoms with E-state index in [0.29, 0.717) is 27.8 Å². The molecule has 8 nitrogen and oxygen atoms in total. The second-order valence-electron chi connectivity index (χ2n) is 6.64. The van der Waals surface area contributed by atoms with Crippen molar-refractivity contribution < 1.29 is 22.7 Å². The van der Waals surface area contributed by atoms with Gasteiger partial charge in [-0.1, -0.05) is 11.6 Å². The highest BCUT2D eigenvalue weighted by molar-refractivity contribution is 7.92. The number of amides is 2. The summed E-state index contributed by atoms with van der Waals surface area (Å²) in [6, 6.07) is 16.6. The molecule has 1 heterocycles. The van der Waals surface area contributed by atoms with Crippen LogP contribution < -0.4 is 20.1 Å². The van der Waals surface area contributed by atoms with Crippen molar-refractivity contribution in [3.05, 3.63) is 77.3 Å². The largest absolute Gasteiger partial charge is 0.482 e. The number of carbonyl (C=O) groups excluding carboxylic acids is 2. The van der Waals surface area contributed by atoms with Gasteiger partial charge in [0.1, 0.15) is 5.75 Å². The Morgan fingerprint density at radius 2 is 1.65 bits per heavy atom. The fourth-order valence-electron chi connectivity index (χ4n) is 2.88. The number of ether oxygens (including phenoxy) is 1. The van der Waals surface area contributed by atoms with Gasteiger partial charge in [0.2, 0.25) is 0 Å². The molecule has 1 aliphatic rings. The Kier molecular flexibility index (Phi) is 5.53. The van der Waals surface area contributed by atoms with Crippen molar-refractivity contribution in [3.8, 4) is 5.75 Å². The van der Waals surface area contributed by atoms with E-state index in [2.05, 4.69) is 15.4 Å². The molecule has 0 radical (unpaired) electrons. The highest BCUT2D eigenvalue weighted by Crippen LogP contribution is 2.30. The lowest BCUT2D eigenvalue weighted by Gasteiger charge is -2.18. The van der Waals surface area contributed by atoms with Crippen LogP contribution >= 0.6 is 11.6 Å². The summed E-state index contributed by atoms with van der Waals surface area (Å²) in [5.74, 6) is -0.196. The number of fused-ring (bicyclic) bond motifs is 1. The molecular weight excluding hydrogens is 442 g/mol. The van der Waals surface area contributed by atoms with Gasteiger partial charge in [-0.15, -0.1) is 0 Å². The molecule has 2 amide bonds. The molecule has 0 unspecified atom stereocenters. The van der Waals surface area contributed by atoms with Crippen molar-refractivity contribution in [2.24, 2.45) is 0 Å². The van der Waals surface area contributed by atoms with E-state index >= 15 is 0 Å². The maximum Gasteiger partial charge on any atom is 0.262 e. The van der Waals surface area contributed by atoms with E-state index in [1.165, 1.54) is 24.3 Å². The first-order valence-corrected chi connectivity index (χ1v) is 10.9. The van der Waals surface area contributed by atoms with Crippen LogP contribution in [0.4, 0.5) is 17.1 Å². The molecule has 0 aliphatic carbocycles. The number of rotatable bonds is 5. The third-order valence-electron chi connectivity index (χ3n) is 4.39. The van der Waals surface area contributed by atoms with Crippen LogP contribution in [0.2, 0.25) is 5.02 Å². The molecular formula is C21H16ClN3O5S. The standard InChI is InChI=1S/C21H16ClN3O5S/c22-14-3-5-15(6-4-14)25-31(28,29)17-8-1-13(2-9-17)21(27)23-16-7-10-19-18(11-16)24-20(26)12-30-19/h1-11,25H,12H2,(H,23,27)(H,24,26). The third-order valence-corrected chi connectivity index (χ3v) is 6.04. The van der Waals surface area contributed by atoms with E-state index in [9.17, 15) is 18.0 Å². The summed E-state index contributed by atoms with van der Waals surface area (Å²) in [4.78, 5) is 24.0. The normalized spacial score (nSPS) is 12.9. The number of hydrogen-bond donors (Lipinski definition) is 3. The zero-order chi connectivity index (χ0) is 22.0. The first-order chi connectivity index (χ1) is 14.8. The molecule has 10 heteroatoms. The Labute approximate surface area is 183 Å². The molecule has 0 saturated carbocycles. The Morgan fingerprint density at radius 3 is 2.35 bits per heavy atom. The minimum Gasteiger partial charge on any atom is -0.482 e. The highest BCUT2D eigenvalue weighted by atomic mass is 35.5. The number of benzene rings is 3. The number of carbonyl (C=O) groups is 2. The van der Waals surface area contributed by atoms with E-state index in [-0.39, 0.29) is 23.0 Å². The summed E-state index contributed by atoms with van der Waals surface area (Å²) < 4.78 is 32.8. The topological polar surface area (TPSA) is 114 Å². The van der Waals surface area contributed by atoms with Crippen molar-refractivity contribution in [1.29, 1.82) is 0 Å². The smallest absolute Gasteiger partial charge is 0.262 e. The number of halogens is 1. The summed E-state index contributed by atoms with van der Waals surface area (Å²) in [5, 5.41) is 5.86. The monoisotopic (exact) mass is 457 g/mol. The molecule has 3 N–H and O–H groups in total. The average Bonchev–Trinajstić information content (AvgIpc) is 2.75. The lowest BCUT2D eigenvalue weighted by Crippen LogP contribution is -2.25. The second kappa shape index (κ2) is 8.29. The highest BCUT2D eigenvalue weighted by Gasteiger charge is 2.18. The van der Waals surface area contributed by atoms with Gasteiger partial charge in [0.25, 0.3) is 21.8 Å². The van der Waals surface area contributed by atoms with Crippen molar-refractivity contribution in [2.75, 3.05) is 22.0 Å². The van der Waals surface area contributed by atoms with Crippen LogP contribution in [0.5, 0.6) is 5.75 Å². The van der Waals surface area contributed by atoms with Crippen LogP contribution in [-0.4, -0.2) is 26.8 Å². The van der Waals surface area contributed by atoms with Gasteiger partial charge in [0.15, 0.2) is 6.61 Å². The molecule has 31 heavy (non-hydrogen) atoms. The average molecular weight is 458 g/mol. The van der Waals surface area contributed by atoms with Gasteiger partial charge in [-0.25, -0.2) is 8.42 Å². The van der Waals surface area contributed by atoms with Crippen LogP contribution in [0.1, 0.15) is 10.4 Å². The molecule has 158 valence electrons. The van der Waals surface area contributed by atoms with Gasteiger partial charge in [-0.2, -0.15) is 0 Å². The number of hydrogen-bond acceptors (Lipinski definition) is 5. The Hall–Kier alpha value is -3.56. The predicted molar refractivity (Wildman–Crippen MR) is 117 cm³/mol. The van der Waals surface area contributed by atoms with Gasteiger partial charge in [-0.3, -0.25) is 14.3 Å². The molecule has 3 aromatic carbocycles. The lowest BCUT2D eigenvalue weighted by atomic mass is 10.2. The fraction of sp³-hybridized carbons (Fsp3) is 0.0476. The van der Waals surface area contributed by atoms with Gasteiger partial charge >= 0.3 is 0 Å². The van der Waals surface area contributed by atoms with E-state index < -0.39 is 15.9 Å². The zero-order valence-corrected chi connectivity index (χ0v) is 17.5. The van der Waals surface area contributed by atoms with E-state index in [1.807, 2.05) is 0 Å². The molecule has 1 aliphatic heterocycles. The number of nitrogens with one attached hydrogen (secondary N) is 3. The van der Waals surface area contributed by atoms with Crippen LogP contribution in [0.3, 0.4) is 0 Å². The molecule has 0 aromatic heterocycles. The Bertz CT molecular complexity index is 1260. The molecule has 4 rings (SSSR count). The van der Waals surface area contributed by atoms with Crippen LogP contribution in [0, 0.1) is 0 Å². The predicted octanol–water partition coefficient (Wildman–Crippen LogP) is 3.72. The van der Waals surface area contributed by atoms with Crippen molar-refractivity contribution in [1.82, 2.24) is 0 Å².